The van der Waals surface area contributed by atoms with E-state index in [-0.39, 0.29) is 0 Å². The molecule has 0 heterocycles. The first-order chi connectivity index (χ1) is 13.0. The Kier molecular flexibility index (Phi) is 3.53. The zero-order valence-corrected chi connectivity index (χ0v) is 16.4. The topological polar surface area (TPSA) is 0 Å². The highest BCUT2D eigenvalue weighted by molar-refractivity contribution is 6.41. The molecule has 27 heavy (non-hydrogen) atoms. The lowest BCUT2D eigenvalue weighted by Crippen LogP contribution is -2.03. The number of fused-ring (bicyclic) bond motifs is 4. The van der Waals surface area contributed by atoms with E-state index in [0.717, 1.165) is 5.46 Å². The van der Waals surface area contributed by atoms with Crippen molar-refractivity contribution in [2.45, 2.75) is 39.5 Å². The lowest BCUT2D eigenvalue weighted by atomic mass is 9.80. The largest absolute Gasteiger partial charge is 0.114 e. The summed E-state index contributed by atoms with van der Waals surface area (Å²) in [6, 6.07) is 19.8. The monoisotopic (exact) mass is 346 g/mol. The van der Waals surface area contributed by atoms with Crippen molar-refractivity contribution in [1.29, 1.82) is 0 Å². The maximum absolute atomic E-state index is 6.35. The highest BCUT2D eigenvalue weighted by Crippen LogP contribution is 2.55. The summed E-state index contributed by atoms with van der Waals surface area (Å²) in [5.41, 5.74) is 9.35. The van der Waals surface area contributed by atoms with Crippen LogP contribution in [0.5, 0.6) is 0 Å². The average Bonchev–Trinajstić information content (AvgIpc) is 2.97. The molecule has 1 aliphatic rings. The Bertz CT molecular complexity index is 1170. The molecule has 0 saturated heterocycles. The molecule has 0 bridgehead atoms. The second-order valence-electron chi connectivity index (χ2n) is 8.36. The Morgan fingerprint density at radius 1 is 0.593 bits per heavy atom. The normalized spacial score (nSPS) is 12.5. The van der Waals surface area contributed by atoms with Gasteiger partial charge in [-0.15, -0.1) is 0 Å². The summed E-state index contributed by atoms with van der Waals surface area (Å²) in [5, 5.41) is 5.29. The molecule has 0 aliphatic heterocycles. The van der Waals surface area contributed by atoms with E-state index in [0.29, 0.717) is 11.8 Å². The fraction of sp³-hybridized carbons (Fsp3) is 0.231. The molecule has 0 saturated carbocycles. The van der Waals surface area contributed by atoms with E-state index in [9.17, 15) is 0 Å². The van der Waals surface area contributed by atoms with E-state index in [2.05, 4.69) is 82.3 Å². The molecule has 0 unspecified atom stereocenters. The SMILES string of the molecule is [B]c1ccc2c3c(cccc13)-c1c-2c(C(C)C)c2ccccc2c1C(C)C. The Balaban J connectivity index is 2.10. The van der Waals surface area contributed by atoms with Crippen LogP contribution in [-0.4, -0.2) is 7.85 Å². The van der Waals surface area contributed by atoms with Crippen LogP contribution in [0.1, 0.15) is 50.7 Å². The second-order valence-corrected chi connectivity index (χ2v) is 8.36. The van der Waals surface area contributed by atoms with Crippen molar-refractivity contribution in [3.8, 4) is 22.3 Å². The third-order valence-electron chi connectivity index (χ3n) is 6.06. The molecule has 0 nitrogen and oxygen atoms in total. The minimum Gasteiger partial charge on any atom is -0.0889 e. The van der Waals surface area contributed by atoms with E-state index >= 15 is 0 Å². The highest BCUT2D eigenvalue weighted by atomic mass is 14.3. The molecule has 4 aromatic carbocycles. The van der Waals surface area contributed by atoms with Crippen LogP contribution in [0.2, 0.25) is 0 Å². The Morgan fingerprint density at radius 3 is 1.67 bits per heavy atom. The van der Waals surface area contributed by atoms with Crippen LogP contribution >= 0.6 is 0 Å². The van der Waals surface area contributed by atoms with Crippen molar-refractivity contribution in [3.05, 3.63) is 65.7 Å². The van der Waals surface area contributed by atoms with Gasteiger partial charge < -0.3 is 0 Å². The number of hydrogen-bond acceptors (Lipinski definition) is 0. The van der Waals surface area contributed by atoms with E-state index < -0.39 is 0 Å². The summed E-state index contributed by atoms with van der Waals surface area (Å²) >= 11 is 0. The Labute approximate surface area is 162 Å². The first kappa shape index (κ1) is 16.6. The van der Waals surface area contributed by atoms with Crippen LogP contribution in [0.3, 0.4) is 0 Å². The molecule has 1 aliphatic carbocycles. The molecule has 0 fully saturated rings. The quantitative estimate of drug-likeness (QED) is 0.313. The lowest BCUT2D eigenvalue weighted by molar-refractivity contribution is 0.864. The van der Waals surface area contributed by atoms with E-state index in [1.54, 1.807) is 0 Å². The van der Waals surface area contributed by atoms with Crippen LogP contribution in [0, 0.1) is 0 Å². The van der Waals surface area contributed by atoms with Crippen LogP contribution < -0.4 is 5.46 Å². The fourth-order valence-electron chi connectivity index (χ4n) is 5.10. The van der Waals surface area contributed by atoms with Gasteiger partial charge in [0.1, 0.15) is 7.85 Å². The predicted molar refractivity (Wildman–Crippen MR) is 119 cm³/mol. The molecule has 1 heteroatoms. The van der Waals surface area contributed by atoms with Crippen molar-refractivity contribution in [1.82, 2.24) is 0 Å². The van der Waals surface area contributed by atoms with E-state index in [1.807, 2.05) is 0 Å². The molecule has 130 valence electrons. The van der Waals surface area contributed by atoms with Crippen molar-refractivity contribution in [2.75, 3.05) is 0 Å². The summed E-state index contributed by atoms with van der Waals surface area (Å²) in [4.78, 5) is 0. The molecular weight excluding hydrogens is 323 g/mol. The van der Waals surface area contributed by atoms with Gasteiger partial charge in [-0.05, 0) is 66.8 Å². The van der Waals surface area contributed by atoms with Gasteiger partial charge in [0.15, 0.2) is 0 Å². The smallest absolute Gasteiger partial charge is 0.0889 e. The van der Waals surface area contributed by atoms with Gasteiger partial charge in [-0.1, -0.05) is 87.8 Å². The minimum atomic E-state index is 0.451. The van der Waals surface area contributed by atoms with Gasteiger partial charge >= 0.3 is 0 Å². The Morgan fingerprint density at radius 2 is 1.11 bits per heavy atom. The fourth-order valence-corrected chi connectivity index (χ4v) is 5.10. The number of hydrogen-bond donors (Lipinski definition) is 0. The number of benzene rings is 4. The molecular formula is C26H23B. The molecule has 5 rings (SSSR count). The molecule has 0 atom stereocenters. The minimum absolute atomic E-state index is 0.451. The molecule has 0 amide bonds. The van der Waals surface area contributed by atoms with Crippen LogP contribution in [0.15, 0.2) is 54.6 Å². The summed E-state index contributed by atoms with van der Waals surface area (Å²) in [6.07, 6.45) is 0. The zero-order valence-electron chi connectivity index (χ0n) is 16.4. The lowest BCUT2D eigenvalue weighted by Gasteiger charge is -2.23. The molecule has 2 radical (unpaired) electrons. The standard InChI is InChI=1S/C26H23B/c1-14(2)22-16-8-5-6-9-17(16)23(15(3)4)26-20-12-13-21(27)18-10-7-11-19(24(18)20)25(22)26/h5-15H,1-4H3. The van der Waals surface area contributed by atoms with Gasteiger partial charge in [-0.3, -0.25) is 0 Å². The zero-order chi connectivity index (χ0) is 18.9. The van der Waals surface area contributed by atoms with Crippen molar-refractivity contribution < 1.29 is 0 Å². The predicted octanol–water partition coefficient (Wildman–Crippen LogP) is 6.68. The summed E-state index contributed by atoms with van der Waals surface area (Å²) in [7, 11) is 6.35. The van der Waals surface area contributed by atoms with Crippen molar-refractivity contribution in [2.24, 2.45) is 0 Å². The van der Waals surface area contributed by atoms with E-state index in [1.165, 1.54) is 54.9 Å². The summed E-state index contributed by atoms with van der Waals surface area (Å²) < 4.78 is 0. The van der Waals surface area contributed by atoms with Gasteiger partial charge in [0.25, 0.3) is 0 Å². The summed E-state index contributed by atoms with van der Waals surface area (Å²) in [5.74, 6) is 0.901. The van der Waals surface area contributed by atoms with Gasteiger partial charge in [-0.2, -0.15) is 0 Å². The highest BCUT2D eigenvalue weighted by Gasteiger charge is 2.30. The maximum Gasteiger partial charge on any atom is 0.114 e. The van der Waals surface area contributed by atoms with Crippen molar-refractivity contribution in [3.63, 3.8) is 0 Å². The first-order valence-electron chi connectivity index (χ1n) is 9.91. The van der Waals surface area contributed by atoms with Crippen LogP contribution in [0.25, 0.3) is 43.8 Å². The van der Waals surface area contributed by atoms with Crippen LogP contribution in [0.4, 0.5) is 0 Å². The van der Waals surface area contributed by atoms with E-state index in [4.69, 9.17) is 7.85 Å². The van der Waals surface area contributed by atoms with Gasteiger partial charge in [-0.25, -0.2) is 0 Å². The third kappa shape index (κ3) is 2.12. The third-order valence-corrected chi connectivity index (χ3v) is 6.06. The average molecular weight is 346 g/mol. The molecule has 0 N–H and O–H groups in total. The van der Waals surface area contributed by atoms with Gasteiger partial charge in [0.2, 0.25) is 0 Å². The van der Waals surface area contributed by atoms with Gasteiger partial charge in [0.05, 0.1) is 0 Å². The van der Waals surface area contributed by atoms with Crippen LogP contribution in [-0.2, 0) is 0 Å². The molecule has 0 spiro atoms. The molecule has 4 aromatic rings. The van der Waals surface area contributed by atoms with Gasteiger partial charge in [0, 0.05) is 0 Å². The maximum atomic E-state index is 6.35. The first-order valence-corrected chi connectivity index (χ1v) is 9.91. The number of rotatable bonds is 2. The summed E-state index contributed by atoms with van der Waals surface area (Å²) in [6.45, 7) is 9.26. The molecule has 0 aromatic heterocycles. The Hall–Kier alpha value is -2.54. The van der Waals surface area contributed by atoms with Crippen molar-refractivity contribution >= 4 is 34.9 Å². The second kappa shape index (κ2) is 5.73.